The van der Waals surface area contributed by atoms with Gasteiger partial charge < -0.3 is 19.3 Å². The summed E-state index contributed by atoms with van der Waals surface area (Å²) in [6.07, 6.45) is 0. The maximum absolute atomic E-state index is 13.1. The fourth-order valence-electron chi connectivity index (χ4n) is 3.36. The van der Waals surface area contributed by atoms with Crippen molar-refractivity contribution < 1.29 is 18.7 Å². The molecule has 1 amide bonds. The predicted octanol–water partition coefficient (Wildman–Crippen LogP) is 3.02. The van der Waals surface area contributed by atoms with Gasteiger partial charge in [-0.1, -0.05) is 0 Å². The monoisotopic (exact) mass is 422 g/mol. The zero-order valence-electron chi connectivity index (χ0n) is 17.2. The number of benzene rings is 2. The molecule has 0 spiro atoms. The number of hydrogen-bond donors (Lipinski definition) is 0. The molecule has 8 heteroatoms. The second kappa shape index (κ2) is 9.42. The first-order chi connectivity index (χ1) is 15.1. The molecular formula is C23H23FN4O3. The van der Waals surface area contributed by atoms with E-state index in [0.717, 1.165) is 17.1 Å². The summed E-state index contributed by atoms with van der Waals surface area (Å²) in [6.45, 7) is 2.51. The summed E-state index contributed by atoms with van der Waals surface area (Å²) in [5.74, 6) is 1.80. The highest BCUT2D eigenvalue weighted by atomic mass is 19.1. The zero-order chi connectivity index (χ0) is 21.6. The molecule has 2 heterocycles. The van der Waals surface area contributed by atoms with Crippen LogP contribution in [-0.2, 0) is 4.79 Å². The molecular weight excluding hydrogens is 399 g/mol. The Kier molecular flexibility index (Phi) is 6.26. The van der Waals surface area contributed by atoms with E-state index in [9.17, 15) is 9.18 Å². The molecule has 1 aromatic heterocycles. The van der Waals surface area contributed by atoms with Gasteiger partial charge in [0.2, 0.25) is 0 Å². The van der Waals surface area contributed by atoms with Gasteiger partial charge in [0.25, 0.3) is 5.91 Å². The first kappa shape index (κ1) is 20.6. The Morgan fingerprint density at radius 2 is 1.58 bits per heavy atom. The third-order valence-electron chi connectivity index (χ3n) is 5.17. The van der Waals surface area contributed by atoms with Crippen LogP contribution in [0.1, 0.15) is 0 Å². The van der Waals surface area contributed by atoms with Gasteiger partial charge in [0.05, 0.1) is 12.8 Å². The minimum atomic E-state index is -0.282. The van der Waals surface area contributed by atoms with Crippen molar-refractivity contribution in [1.29, 1.82) is 0 Å². The largest absolute Gasteiger partial charge is 0.497 e. The lowest BCUT2D eigenvalue weighted by atomic mass is 10.1. The summed E-state index contributed by atoms with van der Waals surface area (Å²) in [5, 5.41) is 8.56. The van der Waals surface area contributed by atoms with E-state index in [-0.39, 0.29) is 18.3 Å². The average Bonchev–Trinajstić information content (AvgIpc) is 2.83. The number of nitrogens with zero attached hydrogens (tertiary/aromatic N) is 4. The lowest BCUT2D eigenvalue weighted by Gasteiger charge is -2.35. The molecule has 0 atom stereocenters. The molecule has 0 unspecified atom stereocenters. The van der Waals surface area contributed by atoms with Crippen molar-refractivity contribution in [1.82, 2.24) is 15.1 Å². The third-order valence-corrected chi connectivity index (χ3v) is 5.17. The van der Waals surface area contributed by atoms with Crippen molar-refractivity contribution in [2.45, 2.75) is 0 Å². The second-order valence-corrected chi connectivity index (χ2v) is 7.12. The van der Waals surface area contributed by atoms with Crippen molar-refractivity contribution in [3.63, 3.8) is 0 Å². The number of hydrogen-bond acceptors (Lipinski definition) is 6. The number of aromatic nitrogens is 2. The van der Waals surface area contributed by atoms with E-state index in [2.05, 4.69) is 15.1 Å². The van der Waals surface area contributed by atoms with Crippen LogP contribution in [0.25, 0.3) is 11.3 Å². The Labute approximate surface area is 180 Å². The van der Waals surface area contributed by atoms with Crippen LogP contribution in [0.15, 0.2) is 60.7 Å². The van der Waals surface area contributed by atoms with Gasteiger partial charge in [-0.2, -0.15) is 0 Å². The Morgan fingerprint density at radius 1 is 0.903 bits per heavy atom. The maximum Gasteiger partial charge on any atom is 0.260 e. The van der Waals surface area contributed by atoms with Crippen LogP contribution in [0.4, 0.5) is 10.2 Å². The van der Waals surface area contributed by atoms with Gasteiger partial charge in [0.1, 0.15) is 17.3 Å². The van der Waals surface area contributed by atoms with Crippen LogP contribution in [0.2, 0.25) is 0 Å². The summed E-state index contributed by atoms with van der Waals surface area (Å²) >= 11 is 0. The van der Waals surface area contributed by atoms with Gasteiger partial charge in [0, 0.05) is 31.7 Å². The molecule has 0 radical (unpaired) electrons. The van der Waals surface area contributed by atoms with Crippen LogP contribution >= 0.6 is 0 Å². The number of carbonyl (C=O) groups is 1. The SMILES string of the molecule is COc1ccc(OCC(=O)N2CCN(c3ccc(-c4ccc(F)cc4)nn3)CC2)cc1. The van der Waals surface area contributed by atoms with Gasteiger partial charge in [-0.3, -0.25) is 4.79 Å². The number of ether oxygens (including phenoxy) is 2. The van der Waals surface area contributed by atoms with Crippen molar-refractivity contribution in [3.8, 4) is 22.8 Å². The number of rotatable bonds is 6. The van der Waals surface area contributed by atoms with Gasteiger partial charge in [-0.15, -0.1) is 10.2 Å². The van der Waals surface area contributed by atoms with Gasteiger partial charge in [-0.05, 0) is 60.7 Å². The van der Waals surface area contributed by atoms with Gasteiger partial charge >= 0.3 is 0 Å². The Hall–Kier alpha value is -3.68. The fraction of sp³-hybridized carbons (Fsp3) is 0.261. The van der Waals surface area contributed by atoms with E-state index in [1.54, 1.807) is 48.4 Å². The quantitative estimate of drug-likeness (QED) is 0.608. The first-order valence-electron chi connectivity index (χ1n) is 10.0. The normalized spacial score (nSPS) is 13.7. The number of methoxy groups -OCH3 is 1. The molecule has 7 nitrogen and oxygen atoms in total. The molecule has 1 fully saturated rings. The smallest absolute Gasteiger partial charge is 0.260 e. The average molecular weight is 422 g/mol. The lowest BCUT2D eigenvalue weighted by Crippen LogP contribution is -2.50. The topological polar surface area (TPSA) is 67.8 Å². The van der Waals surface area contributed by atoms with Crippen LogP contribution in [-0.4, -0.2) is 60.9 Å². The van der Waals surface area contributed by atoms with E-state index in [1.807, 2.05) is 12.1 Å². The molecule has 1 aliphatic heterocycles. The molecule has 0 N–H and O–H groups in total. The van der Waals surface area contributed by atoms with Crippen molar-refractivity contribution >= 4 is 11.7 Å². The number of halogens is 1. The number of carbonyl (C=O) groups excluding carboxylic acids is 1. The van der Waals surface area contributed by atoms with Crippen LogP contribution in [0, 0.1) is 5.82 Å². The van der Waals surface area contributed by atoms with Gasteiger partial charge in [-0.25, -0.2) is 4.39 Å². The predicted molar refractivity (Wildman–Crippen MR) is 115 cm³/mol. The van der Waals surface area contributed by atoms with E-state index in [4.69, 9.17) is 9.47 Å². The fourth-order valence-corrected chi connectivity index (χ4v) is 3.36. The molecule has 2 aromatic carbocycles. The first-order valence-corrected chi connectivity index (χ1v) is 10.0. The number of amides is 1. The Morgan fingerprint density at radius 3 is 2.19 bits per heavy atom. The van der Waals surface area contributed by atoms with Crippen molar-refractivity contribution in [3.05, 3.63) is 66.5 Å². The Bertz CT molecular complexity index is 1000. The third kappa shape index (κ3) is 5.09. The van der Waals surface area contributed by atoms with E-state index in [1.165, 1.54) is 12.1 Å². The van der Waals surface area contributed by atoms with Crippen LogP contribution in [0.3, 0.4) is 0 Å². The number of anilines is 1. The van der Waals surface area contributed by atoms with Crippen molar-refractivity contribution in [2.24, 2.45) is 0 Å². The summed E-state index contributed by atoms with van der Waals surface area (Å²) in [6, 6.07) is 17.1. The molecule has 0 saturated carbocycles. The molecule has 3 aromatic rings. The molecule has 0 aliphatic carbocycles. The van der Waals surface area contributed by atoms with Crippen LogP contribution in [0.5, 0.6) is 11.5 Å². The lowest BCUT2D eigenvalue weighted by molar-refractivity contribution is -0.133. The zero-order valence-corrected chi connectivity index (χ0v) is 17.2. The maximum atomic E-state index is 13.1. The minimum Gasteiger partial charge on any atom is -0.497 e. The summed E-state index contributed by atoms with van der Waals surface area (Å²) in [5.41, 5.74) is 1.50. The number of piperazine rings is 1. The summed E-state index contributed by atoms with van der Waals surface area (Å²) in [4.78, 5) is 16.4. The highest BCUT2D eigenvalue weighted by Crippen LogP contribution is 2.20. The summed E-state index contributed by atoms with van der Waals surface area (Å²) in [7, 11) is 1.60. The molecule has 1 saturated heterocycles. The summed E-state index contributed by atoms with van der Waals surface area (Å²) < 4.78 is 23.8. The van der Waals surface area contributed by atoms with Gasteiger partial charge in [0.15, 0.2) is 12.4 Å². The van der Waals surface area contributed by atoms with E-state index < -0.39 is 0 Å². The highest BCUT2D eigenvalue weighted by molar-refractivity contribution is 5.78. The standard InChI is InChI=1S/C23H23FN4O3/c1-30-19-6-8-20(9-7-19)31-16-23(29)28-14-12-27(13-15-28)22-11-10-21(25-26-22)17-2-4-18(24)5-3-17/h2-11H,12-16H2,1H3. The highest BCUT2D eigenvalue weighted by Gasteiger charge is 2.22. The minimum absolute atomic E-state index is 0.00149. The van der Waals surface area contributed by atoms with E-state index in [0.29, 0.717) is 37.6 Å². The Balaban J connectivity index is 1.27. The molecule has 31 heavy (non-hydrogen) atoms. The second-order valence-electron chi connectivity index (χ2n) is 7.12. The molecule has 0 bridgehead atoms. The molecule has 1 aliphatic rings. The van der Waals surface area contributed by atoms with Crippen LogP contribution < -0.4 is 14.4 Å². The molecule has 160 valence electrons. The van der Waals surface area contributed by atoms with Crippen molar-refractivity contribution in [2.75, 3.05) is 44.8 Å². The van der Waals surface area contributed by atoms with E-state index >= 15 is 0 Å². The molecule has 4 rings (SSSR count).